The molecule has 4 nitrogen and oxygen atoms in total. The van der Waals surface area contributed by atoms with E-state index >= 15 is 0 Å². The number of halogens is 3. The van der Waals surface area contributed by atoms with Gasteiger partial charge in [0.25, 0.3) is 0 Å². The lowest BCUT2D eigenvalue weighted by Gasteiger charge is -2.17. The fourth-order valence-electron chi connectivity index (χ4n) is 2.73. The number of hydrogen-bond acceptors (Lipinski definition) is 4. The molecule has 0 radical (unpaired) electrons. The summed E-state index contributed by atoms with van der Waals surface area (Å²) in [5.41, 5.74) is 0.792. The molecule has 1 aromatic carbocycles. The summed E-state index contributed by atoms with van der Waals surface area (Å²) in [6.07, 6.45) is -0.556. The van der Waals surface area contributed by atoms with Gasteiger partial charge >= 0.3 is 6.18 Å². The van der Waals surface area contributed by atoms with Gasteiger partial charge in [-0.1, -0.05) is 12.1 Å². The topological polar surface area (TPSA) is 47.0 Å². The Balaban J connectivity index is 1.88. The molecular formula is C17H18F3N3O. The first-order valence-electron chi connectivity index (χ1n) is 7.86. The summed E-state index contributed by atoms with van der Waals surface area (Å²) in [6.45, 7) is 1.92. The Labute approximate surface area is 138 Å². The first-order valence-corrected chi connectivity index (χ1v) is 7.86. The van der Waals surface area contributed by atoms with Crippen molar-refractivity contribution in [3.05, 3.63) is 41.6 Å². The second-order valence-corrected chi connectivity index (χ2v) is 5.93. The van der Waals surface area contributed by atoms with Gasteiger partial charge in [0.15, 0.2) is 0 Å². The van der Waals surface area contributed by atoms with Crippen LogP contribution < -0.4 is 10.1 Å². The van der Waals surface area contributed by atoms with Crippen molar-refractivity contribution in [2.24, 2.45) is 0 Å². The van der Waals surface area contributed by atoms with E-state index in [0.717, 1.165) is 37.4 Å². The van der Waals surface area contributed by atoms with Crippen molar-refractivity contribution >= 4 is 11.6 Å². The van der Waals surface area contributed by atoms with E-state index in [9.17, 15) is 13.2 Å². The summed E-state index contributed by atoms with van der Waals surface area (Å²) >= 11 is 0. The maximum absolute atomic E-state index is 13.2. The minimum Gasteiger partial charge on any atom is -0.474 e. The predicted octanol–water partition coefficient (Wildman–Crippen LogP) is 4.87. The fourth-order valence-corrected chi connectivity index (χ4v) is 2.73. The molecule has 128 valence electrons. The smallest absolute Gasteiger partial charge is 0.423 e. The van der Waals surface area contributed by atoms with E-state index in [1.165, 1.54) is 0 Å². The molecule has 0 spiro atoms. The maximum Gasteiger partial charge on any atom is 0.423 e. The number of benzene rings is 1. The van der Waals surface area contributed by atoms with Crippen LogP contribution in [0, 0.1) is 6.92 Å². The molecule has 2 aromatic rings. The molecule has 0 unspecified atom stereocenters. The largest absolute Gasteiger partial charge is 0.474 e. The summed E-state index contributed by atoms with van der Waals surface area (Å²) in [4.78, 5) is 7.75. The molecule has 1 fully saturated rings. The van der Waals surface area contributed by atoms with Crippen molar-refractivity contribution in [2.75, 3.05) is 5.32 Å². The second kappa shape index (κ2) is 6.67. The van der Waals surface area contributed by atoms with Crippen LogP contribution in [0.15, 0.2) is 30.5 Å². The van der Waals surface area contributed by atoms with Gasteiger partial charge in [0.05, 0.1) is 0 Å². The third kappa shape index (κ3) is 3.96. The van der Waals surface area contributed by atoms with E-state index in [4.69, 9.17) is 4.74 Å². The number of anilines is 2. The second-order valence-electron chi connectivity index (χ2n) is 5.93. The van der Waals surface area contributed by atoms with E-state index in [0.29, 0.717) is 5.69 Å². The lowest BCUT2D eigenvalue weighted by atomic mass is 10.2. The summed E-state index contributed by atoms with van der Waals surface area (Å²) < 4.78 is 45.0. The van der Waals surface area contributed by atoms with Crippen LogP contribution in [0.25, 0.3) is 0 Å². The van der Waals surface area contributed by atoms with Gasteiger partial charge in [0.2, 0.25) is 11.8 Å². The van der Waals surface area contributed by atoms with Gasteiger partial charge in [-0.25, -0.2) is 4.98 Å². The van der Waals surface area contributed by atoms with Gasteiger partial charge in [-0.2, -0.15) is 18.2 Å². The normalized spacial score (nSPS) is 15.5. The van der Waals surface area contributed by atoms with Crippen molar-refractivity contribution < 1.29 is 17.9 Å². The number of ether oxygens (including phenoxy) is 1. The molecule has 0 aliphatic heterocycles. The molecule has 1 heterocycles. The van der Waals surface area contributed by atoms with Crippen LogP contribution in [0.5, 0.6) is 5.88 Å². The van der Waals surface area contributed by atoms with Crippen molar-refractivity contribution in [1.82, 2.24) is 9.97 Å². The molecule has 0 atom stereocenters. The van der Waals surface area contributed by atoms with Crippen LogP contribution in [0.1, 0.15) is 36.8 Å². The molecule has 1 aliphatic rings. The highest BCUT2D eigenvalue weighted by Crippen LogP contribution is 2.37. The lowest BCUT2D eigenvalue weighted by Crippen LogP contribution is -2.18. The Hall–Kier alpha value is -2.31. The van der Waals surface area contributed by atoms with Crippen LogP contribution in [0.2, 0.25) is 0 Å². The molecule has 1 saturated carbocycles. The summed E-state index contributed by atoms with van der Waals surface area (Å²) in [5, 5.41) is 2.92. The number of nitrogens with zero attached hydrogens (tertiary/aromatic N) is 2. The fraction of sp³-hybridized carbons (Fsp3) is 0.412. The molecular weight excluding hydrogens is 319 g/mol. The van der Waals surface area contributed by atoms with Crippen molar-refractivity contribution in [3.8, 4) is 5.88 Å². The lowest BCUT2D eigenvalue weighted by molar-refractivity contribution is -0.139. The minimum atomic E-state index is -4.55. The highest BCUT2D eigenvalue weighted by molar-refractivity contribution is 5.54. The Bertz CT molecular complexity index is 712. The maximum atomic E-state index is 13.2. The van der Waals surface area contributed by atoms with E-state index in [-0.39, 0.29) is 12.1 Å². The van der Waals surface area contributed by atoms with Crippen molar-refractivity contribution in [3.63, 3.8) is 0 Å². The molecule has 0 saturated heterocycles. The summed E-state index contributed by atoms with van der Waals surface area (Å²) in [6, 6.07) is 7.43. The summed E-state index contributed by atoms with van der Waals surface area (Å²) in [7, 11) is 0. The van der Waals surface area contributed by atoms with E-state index in [1.54, 1.807) is 6.07 Å². The zero-order valence-corrected chi connectivity index (χ0v) is 13.2. The number of rotatable bonds is 4. The van der Waals surface area contributed by atoms with Crippen LogP contribution in [-0.4, -0.2) is 16.1 Å². The predicted molar refractivity (Wildman–Crippen MR) is 84.4 cm³/mol. The molecule has 0 bridgehead atoms. The molecule has 0 amide bonds. The number of hydrogen-bond donors (Lipinski definition) is 1. The first kappa shape index (κ1) is 16.5. The standard InChI is InChI=1S/C17H18F3N3O/c1-11-5-4-6-12(9-11)22-16-21-10-14(17(18,19)20)15(23-16)24-13-7-2-3-8-13/h4-6,9-10,13H,2-3,7-8H2,1H3,(H,21,22,23). The zero-order chi connectivity index (χ0) is 17.2. The number of aryl methyl sites for hydroxylation is 1. The van der Waals surface area contributed by atoms with Crippen LogP contribution in [-0.2, 0) is 6.18 Å². The molecule has 7 heteroatoms. The molecule has 1 N–H and O–H groups in total. The molecule has 24 heavy (non-hydrogen) atoms. The average molecular weight is 337 g/mol. The first-order chi connectivity index (χ1) is 11.4. The highest BCUT2D eigenvalue weighted by atomic mass is 19.4. The van der Waals surface area contributed by atoms with Crippen LogP contribution in [0.3, 0.4) is 0 Å². The quantitative estimate of drug-likeness (QED) is 0.865. The zero-order valence-electron chi connectivity index (χ0n) is 13.2. The average Bonchev–Trinajstić information content (AvgIpc) is 2.99. The van der Waals surface area contributed by atoms with Crippen molar-refractivity contribution in [2.45, 2.75) is 44.9 Å². The van der Waals surface area contributed by atoms with Gasteiger partial charge in [-0.3, -0.25) is 0 Å². The Morgan fingerprint density at radius 2 is 1.96 bits per heavy atom. The van der Waals surface area contributed by atoms with Gasteiger partial charge < -0.3 is 10.1 Å². The number of alkyl halides is 3. The Morgan fingerprint density at radius 3 is 2.62 bits per heavy atom. The van der Waals surface area contributed by atoms with E-state index in [2.05, 4.69) is 15.3 Å². The molecule has 1 aromatic heterocycles. The highest BCUT2D eigenvalue weighted by Gasteiger charge is 2.37. The Morgan fingerprint density at radius 1 is 1.21 bits per heavy atom. The molecule has 1 aliphatic carbocycles. The Kier molecular flexibility index (Phi) is 4.59. The van der Waals surface area contributed by atoms with Crippen LogP contribution >= 0.6 is 0 Å². The SMILES string of the molecule is Cc1cccc(Nc2ncc(C(F)(F)F)c(OC3CCCC3)n2)c1. The minimum absolute atomic E-state index is 0.0848. The monoisotopic (exact) mass is 337 g/mol. The van der Waals surface area contributed by atoms with Gasteiger partial charge in [0.1, 0.15) is 11.7 Å². The summed E-state index contributed by atoms with van der Waals surface area (Å²) in [5.74, 6) is -0.318. The number of nitrogens with one attached hydrogen (secondary N) is 1. The van der Waals surface area contributed by atoms with E-state index < -0.39 is 17.6 Å². The van der Waals surface area contributed by atoms with E-state index in [1.807, 2.05) is 25.1 Å². The van der Waals surface area contributed by atoms with Gasteiger partial charge in [-0.05, 0) is 50.3 Å². The van der Waals surface area contributed by atoms with Crippen LogP contribution in [0.4, 0.5) is 24.8 Å². The number of aromatic nitrogens is 2. The van der Waals surface area contributed by atoms with Gasteiger partial charge in [0, 0.05) is 11.9 Å². The third-order valence-electron chi connectivity index (χ3n) is 3.91. The van der Waals surface area contributed by atoms with Gasteiger partial charge in [-0.15, -0.1) is 0 Å². The molecule has 3 rings (SSSR count). The third-order valence-corrected chi connectivity index (χ3v) is 3.91. The van der Waals surface area contributed by atoms with Crippen molar-refractivity contribution in [1.29, 1.82) is 0 Å².